The predicted octanol–water partition coefficient (Wildman–Crippen LogP) is 1.51. The number of halogens is 3. The Morgan fingerprint density at radius 3 is 2.45 bits per heavy atom. The van der Waals surface area contributed by atoms with E-state index in [1.54, 1.807) is 12.1 Å². The summed E-state index contributed by atoms with van der Waals surface area (Å²) in [6.45, 7) is -0.654. The number of morpholine rings is 1. The number of nitrogens with zero attached hydrogens (tertiary/aromatic N) is 2. The van der Waals surface area contributed by atoms with Crippen molar-refractivity contribution in [3.63, 3.8) is 0 Å². The molecule has 0 bridgehead atoms. The smallest absolute Gasteiger partial charge is 0.370 e. The van der Waals surface area contributed by atoms with Gasteiger partial charge in [0.15, 0.2) is 6.04 Å². The number of carbonyl (C=O) groups excluding carboxylic acids is 3. The number of benzene rings is 1. The van der Waals surface area contributed by atoms with Crippen LogP contribution in [0.15, 0.2) is 24.3 Å². The summed E-state index contributed by atoms with van der Waals surface area (Å²) in [5, 5.41) is 2.46. The van der Waals surface area contributed by atoms with E-state index in [4.69, 9.17) is 10.5 Å². The van der Waals surface area contributed by atoms with Crippen LogP contribution in [-0.4, -0.2) is 67.7 Å². The van der Waals surface area contributed by atoms with Crippen LogP contribution in [0.4, 0.5) is 24.5 Å². The van der Waals surface area contributed by atoms with E-state index in [2.05, 4.69) is 5.32 Å². The Labute approximate surface area is 177 Å². The van der Waals surface area contributed by atoms with Crippen molar-refractivity contribution >= 4 is 29.1 Å². The van der Waals surface area contributed by atoms with Crippen LogP contribution in [-0.2, 0) is 19.1 Å². The van der Waals surface area contributed by atoms with Gasteiger partial charge in [-0.1, -0.05) is 6.42 Å². The molecule has 1 aliphatic heterocycles. The van der Waals surface area contributed by atoms with Gasteiger partial charge in [0.2, 0.25) is 5.91 Å². The molecule has 3 amide bonds. The molecule has 1 saturated heterocycles. The number of alkyl halides is 3. The van der Waals surface area contributed by atoms with Gasteiger partial charge in [-0.25, -0.2) is 0 Å². The van der Waals surface area contributed by atoms with E-state index in [1.165, 1.54) is 17.0 Å². The van der Waals surface area contributed by atoms with Gasteiger partial charge in [0, 0.05) is 24.5 Å². The van der Waals surface area contributed by atoms with Gasteiger partial charge in [0.05, 0.1) is 13.2 Å². The fraction of sp³-hybridized carbons (Fsp3) is 0.550. The maximum Gasteiger partial charge on any atom is 0.401 e. The average molecular weight is 442 g/mol. The molecule has 0 unspecified atom stereocenters. The summed E-state index contributed by atoms with van der Waals surface area (Å²) in [5.74, 6) is -2.26. The van der Waals surface area contributed by atoms with E-state index < -0.39 is 30.6 Å². The molecule has 11 heteroatoms. The lowest BCUT2D eigenvalue weighted by Gasteiger charge is -2.35. The van der Waals surface area contributed by atoms with Crippen molar-refractivity contribution in [3.05, 3.63) is 24.3 Å². The van der Waals surface area contributed by atoms with Crippen LogP contribution >= 0.6 is 0 Å². The first-order valence-corrected chi connectivity index (χ1v) is 10.0. The Balaban J connectivity index is 1.71. The number of ether oxygens (including phenoxy) is 1. The standard InChI is InChI=1S/C20H25F3N4O4/c21-20(22,23)12-26(10-13-2-1-3-13)17(18(24)29)19(30)25-14-4-6-15(7-5-14)27-8-9-31-11-16(27)28/h4-7,13,17H,1-3,8-12H2,(H2,24,29)(H,25,30)/t17-/m1/s1. The van der Waals surface area contributed by atoms with Crippen molar-refractivity contribution in [2.45, 2.75) is 31.5 Å². The van der Waals surface area contributed by atoms with Crippen molar-refractivity contribution in [1.29, 1.82) is 0 Å². The highest BCUT2D eigenvalue weighted by Gasteiger charge is 2.40. The van der Waals surface area contributed by atoms with Gasteiger partial charge < -0.3 is 20.7 Å². The Bertz CT molecular complexity index is 812. The third-order valence-corrected chi connectivity index (χ3v) is 5.42. The lowest BCUT2D eigenvalue weighted by molar-refractivity contribution is -0.159. The van der Waals surface area contributed by atoms with Gasteiger partial charge in [0.25, 0.3) is 11.8 Å². The minimum absolute atomic E-state index is 0.00217. The van der Waals surface area contributed by atoms with Gasteiger partial charge in [-0.3, -0.25) is 19.3 Å². The molecule has 1 aliphatic carbocycles. The van der Waals surface area contributed by atoms with Crippen molar-refractivity contribution in [3.8, 4) is 0 Å². The largest absolute Gasteiger partial charge is 0.401 e. The number of hydrogen-bond donors (Lipinski definition) is 2. The van der Waals surface area contributed by atoms with E-state index in [0.29, 0.717) is 18.8 Å². The van der Waals surface area contributed by atoms with Crippen molar-refractivity contribution < 1.29 is 32.3 Å². The van der Waals surface area contributed by atoms with Crippen LogP contribution in [0.3, 0.4) is 0 Å². The molecule has 0 radical (unpaired) electrons. The molecule has 3 rings (SSSR count). The molecule has 0 spiro atoms. The maximum absolute atomic E-state index is 13.1. The van der Waals surface area contributed by atoms with E-state index in [9.17, 15) is 27.6 Å². The number of nitrogens with two attached hydrogens (primary N) is 1. The molecule has 1 atom stereocenters. The maximum atomic E-state index is 13.1. The summed E-state index contributed by atoms with van der Waals surface area (Å²) in [7, 11) is 0. The summed E-state index contributed by atoms with van der Waals surface area (Å²) in [6, 6.07) is 4.46. The molecule has 8 nitrogen and oxygen atoms in total. The Morgan fingerprint density at radius 1 is 1.26 bits per heavy atom. The zero-order chi connectivity index (χ0) is 22.6. The van der Waals surface area contributed by atoms with Gasteiger partial charge in [-0.15, -0.1) is 0 Å². The van der Waals surface area contributed by atoms with E-state index in [1.807, 2.05) is 0 Å². The Kier molecular flexibility index (Phi) is 7.16. The average Bonchev–Trinajstić information content (AvgIpc) is 2.64. The molecule has 2 fully saturated rings. The number of carbonyl (C=O) groups is 3. The minimum atomic E-state index is -4.58. The lowest BCUT2D eigenvalue weighted by Crippen LogP contribution is -2.56. The molecule has 1 aromatic carbocycles. The van der Waals surface area contributed by atoms with E-state index in [0.717, 1.165) is 24.2 Å². The highest BCUT2D eigenvalue weighted by atomic mass is 19.4. The molecule has 0 aromatic heterocycles. The molecule has 1 heterocycles. The third-order valence-electron chi connectivity index (χ3n) is 5.42. The fourth-order valence-electron chi connectivity index (χ4n) is 3.70. The number of anilines is 2. The van der Waals surface area contributed by atoms with E-state index >= 15 is 0 Å². The van der Waals surface area contributed by atoms with Crippen LogP contribution in [0.25, 0.3) is 0 Å². The van der Waals surface area contributed by atoms with Crippen LogP contribution in [0, 0.1) is 5.92 Å². The van der Waals surface area contributed by atoms with Crippen LogP contribution in [0.1, 0.15) is 19.3 Å². The summed E-state index contributed by atoms with van der Waals surface area (Å²) >= 11 is 0. The lowest BCUT2D eigenvalue weighted by atomic mass is 9.84. The van der Waals surface area contributed by atoms with Crippen LogP contribution in [0.5, 0.6) is 0 Å². The molecule has 1 saturated carbocycles. The summed E-state index contributed by atoms with van der Waals surface area (Å²) < 4.78 is 44.3. The molecule has 2 aliphatic rings. The monoisotopic (exact) mass is 442 g/mol. The number of nitrogens with one attached hydrogen (secondary N) is 1. The first kappa shape index (κ1) is 23.0. The number of amides is 3. The number of hydrogen-bond acceptors (Lipinski definition) is 5. The minimum Gasteiger partial charge on any atom is -0.370 e. The molecule has 31 heavy (non-hydrogen) atoms. The molecule has 170 valence electrons. The van der Waals surface area contributed by atoms with Crippen LogP contribution < -0.4 is 16.0 Å². The summed E-state index contributed by atoms with van der Waals surface area (Å²) in [5.41, 5.74) is 6.19. The number of rotatable bonds is 8. The topological polar surface area (TPSA) is 105 Å². The highest BCUT2D eigenvalue weighted by molar-refractivity contribution is 6.09. The fourth-order valence-corrected chi connectivity index (χ4v) is 3.70. The Morgan fingerprint density at radius 2 is 1.94 bits per heavy atom. The van der Waals surface area contributed by atoms with Crippen molar-refractivity contribution in [2.75, 3.05) is 43.1 Å². The molecular formula is C20H25F3N4O4. The molecule has 3 N–H and O–H groups in total. The van der Waals surface area contributed by atoms with Gasteiger partial charge >= 0.3 is 6.18 Å². The van der Waals surface area contributed by atoms with Gasteiger partial charge in [-0.05, 0) is 43.0 Å². The second-order valence-corrected chi connectivity index (χ2v) is 7.78. The Hall–Kier alpha value is -2.66. The summed E-state index contributed by atoms with van der Waals surface area (Å²) in [4.78, 5) is 38.9. The van der Waals surface area contributed by atoms with E-state index in [-0.39, 0.29) is 30.7 Å². The van der Waals surface area contributed by atoms with Crippen LogP contribution in [0.2, 0.25) is 0 Å². The predicted molar refractivity (Wildman–Crippen MR) is 106 cm³/mol. The highest BCUT2D eigenvalue weighted by Crippen LogP contribution is 2.29. The third kappa shape index (κ3) is 6.17. The first-order valence-electron chi connectivity index (χ1n) is 10.0. The number of primary amides is 1. The second-order valence-electron chi connectivity index (χ2n) is 7.78. The second kappa shape index (κ2) is 9.65. The summed E-state index contributed by atoms with van der Waals surface area (Å²) in [6.07, 6.45) is -2.16. The zero-order valence-electron chi connectivity index (χ0n) is 16.9. The first-order chi connectivity index (χ1) is 14.6. The van der Waals surface area contributed by atoms with Crippen molar-refractivity contribution in [1.82, 2.24) is 4.90 Å². The van der Waals surface area contributed by atoms with Gasteiger partial charge in [-0.2, -0.15) is 13.2 Å². The normalized spacial score (nSPS) is 18.6. The molecule has 1 aromatic rings. The van der Waals surface area contributed by atoms with Crippen molar-refractivity contribution in [2.24, 2.45) is 11.7 Å². The molecular weight excluding hydrogens is 417 g/mol. The van der Waals surface area contributed by atoms with Gasteiger partial charge in [0.1, 0.15) is 6.61 Å². The quantitative estimate of drug-likeness (QED) is 0.594. The zero-order valence-corrected chi connectivity index (χ0v) is 16.9. The SMILES string of the molecule is NC(=O)[C@H](C(=O)Nc1ccc(N2CCOCC2=O)cc1)N(CC1CCC1)CC(F)(F)F.